The van der Waals surface area contributed by atoms with Gasteiger partial charge < -0.3 is 0 Å². The third kappa shape index (κ3) is 2.13. The fourth-order valence-electron chi connectivity index (χ4n) is 1.59. The van der Waals surface area contributed by atoms with Crippen LogP contribution in [0.3, 0.4) is 0 Å². The van der Waals surface area contributed by atoms with Gasteiger partial charge in [0.25, 0.3) is 0 Å². The molecule has 0 aliphatic rings. The van der Waals surface area contributed by atoms with Gasteiger partial charge in [0.05, 0.1) is 10.9 Å². The van der Waals surface area contributed by atoms with Crippen LogP contribution in [0.4, 0.5) is 0 Å². The van der Waals surface area contributed by atoms with Crippen LogP contribution in [-0.2, 0) is 6.54 Å². The Labute approximate surface area is 106 Å². The Kier molecular flexibility index (Phi) is 3.61. The van der Waals surface area contributed by atoms with Crippen molar-refractivity contribution >= 4 is 38.4 Å². The maximum absolute atomic E-state index is 11.8. The van der Waals surface area contributed by atoms with E-state index in [2.05, 4.69) is 21.0 Å². The molecule has 0 aliphatic heterocycles. The molecule has 0 fully saturated rings. The van der Waals surface area contributed by atoms with Gasteiger partial charge in [-0.3, -0.25) is 9.48 Å². The monoisotopic (exact) mass is 300 g/mol. The van der Waals surface area contributed by atoms with Gasteiger partial charge in [0.1, 0.15) is 0 Å². The van der Waals surface area contributed by atoms with Crippen LogP contribution in [0, 0.1) is 0 Å². The fourth-order valence-corrected chi connectivity index (χ4v) is 2.11. The van der Waals surface area contributed by atoms with Crippen molar-refractivity contribution < 1.29 is 0 Å². The average molecular weight is 302 g/mol. The lowest BCUT2D eigenvalue weighted by Crippen LogP contribution is -2.15. The highest BCUT2D eigenvalue weighted by atomic mass is 79.9. The summed E-state index contributed by atoms with van der Waals surface area (Å²) in [5.74, 6) is 0.583. The third-order valence-electron chi connectivity index (χ3n) is 2.33. The van der Waals surface area contributed by atoms with Crippen molar-refractivity contribution in [1.82, 2.24) is 9.78 Å². The first-order chi connectivity index (χ1) is 7.74. The Balaban J connectivity index is 2.65. The number of alkyl halides is 1. The zero-order valence-electron chi connectivity index (χ0n) is 8.49. The quantitative estimate of drug-likeness (QED) is 0.817. The van der Waals surface area contributed by atoms with Crippen molar-refractivity contribution in [2.45, 2.75) is 13.0 Å². The summed E-state index contributed by atoms with van der Waals surface area (Å²) in [5.41, 5.74) is 0.776. The summed E-state index contributed by atoms with van der Waals surface area (Å²) in [7, 11) is 0. The Bertz CT molecular complexity index is 567. The van der Waals surface area contributed by atoms with Crippen molar-refractivity contribution in [3.63, 3.8) is 0 Å². The maximum atomic E-state index is 11.8. The van der Waals surface area contributed by atoms with Crippen LogP contribution in [-0.4, -0.2) is 15.7 Å². The largest absolute Gasteiger partial charge is 0.286 e. The molecule has 16 heavy (non-hydrogen) atoms. The van der Waals surface area contributed by atoms with Gasteiger partial charge in [-0.1, -0.05) is 12.1 Å². The third-order valence-corrected chi connectivity index (χ3v) is 3.11. The summed E-state index contributed by atoms with van der Waals surface area (Å²) >= 11 is 8.84. The van der Waals surface area contributed by atoms with Crippen molar-refractivity contribution in [3.8, 4) is 0 Å². The second-order valence-corrected chi connectivity index (χ2v) is 4.53. The predicted octanol–water partition coefficient (Wildman–Crippen LogP) is 2.79. The SMILES string of the molecule is O=c1c(Br)nn(CCCCl)c2ccccc12. The standard InChI is InChI=1S/C11H10BrClN2O/c12-11-10(16)8-4-1-2-5-9(8)15(14-11)7-3-6-13/h1-2,4-5H,3,6-7H2. The van der Waals surface area contributed by atoms with E-state index in [1.165, 1.54) is 0 Å². The van der Waals surface area contributed by atoms with Crippen LogP contribution >= 0.6 is 27.5 Å². The van der Waals surface area contributed by atoms with E-state index in [1.54, 1.807) is 6.07 Å². The summed E-state index contributed by atoms with van der Waals surface area (Å²) in [6.07, 6.45) is 0.827. The highest BCUT2D eigenvalue weighted by Crippen LogP contribution is 2.12. The van der Waals surface area contributed by atoms with Gasteiger partial charge >= 0.3 is 0 Å². The molecule has 0 saturated carbocycles. The molecule has 1 aromatic carbocycles. The van der Waals surface area contributed by atoms with Crippen LogP contribution in [0.2, 0.25) is 0 Å². The molecule has 0 saturated heterocycles. The van der Waals surface area contributed by atoms with Crippen LogP contribution in [0.25, 0.3) is 10.9 Å². The molecule has 0 bridgehead atoms. The molecule has 0 spiro atoms. The predicted molar refractivity (Wildman–Crippen MR) is 69.0 cm³/mol. The first-order valence-electron chi connectivity index (χ1n) is 4.95. The normalized spacial score (nSPS) is 10.9. The van der Waals surface area contributed by atoms with Gasteiger partial charge in [0, 0.05) is 12.4 Å². The minimum absolute atomic E-state index is 0.0716. The Morgan fingerprint density at radius 1 is 1.38 bits per heavy atom. The molecule has 1 heterocycles. The van der Waals surface area contributed by atoms with E-state index >= 15 is 0 Å². The molecule has 5 heteroatoms. The van der Waals surface area contributed by atoms with Gasteiger partial charge in [0.2, 0.25) is 5.43 Å². The van der Waals surface area contributed by atoms with Crippen molar-refractivity contribution in [1.29, 1.82) is 0 Å². The van der Waals surface area contributed by atoms with E-state index < -0.39 is 0 Å². The Hall–Kier alpha value is -0.870. The molecule has 0 unspecified atom stereocenters. The topological polar surface area (TPSA) is 34.9 Å². The van der Waals surface area contributed by atoms with Crippen molar-refractivity contribution in [2.75, 3.05) is 5.88 Å². The number of aryl methyl sites for hydroxylation is 1. The minimum atomic E-state index is -0.0716. The molecule has 0 amide bonds. The number of rotatable bonds is 3. The molecule has 2 rings (SSSR count). The fraction of sp³-hybridized carbons (Fsp3) is 0.273. The van der Waals surface area contributed by atoms with E-state index in [9.17, 15) is 4.79 Å². The number of halogens is 2. The number of nitrogens with zero attached hydrogens (tertiary/aromatic N) is 2. The maximum Gasteiger partial charge on any atom is 0.222 e. The first kappa shape index (κ1) is 11.6. The summed E-state index contributed by atoms with van der Waals surface area (Å²) in [6.45, 7) is 0.711. The minimum Gasteiger partial charge on any atom is -0.286 e. The van der Waals surface area contributed by atoms with Crippen LogP contribution in [0.15, 0.2) is 33.7 Å². The summed E-state index contributed by atoms with van der Waals surface area (Å²) in [4.78, 5) is 11.8. The smallest absolute Gasteiger partial charge is 0.222 e. The van der Waals surface area contributed by atoms with Crippen LogP contribution < -0.4 is 5.43 Å². The lowest BCUT2D eigenvalue weighted by Gasteiger charge is -2.08. The molecule has 0 radical (unpaired) electrons. The number of benzene rings is 1. The molecule has 0 atom stereocenters. The number of aromatic nitrogens is 2. The molecule has 0 N–H and O–H groups in total. The second-order valence-electron chi connectivity index (χ2n) is 3.40. The summed E-state index contributed by atoms with van der Waals surface area (Å²) in [6, 6.07) is 7.45. The van der Waals surface area contributed by atoms with Crippen LogP contribution in [0.5, 0.6) is 0 Å². The first-order valence-corrected chi connectivity index (χ1v) is 6.28. The molecule has 1 aromatic heterocycles. The molecule has 3 nitrogen and oxygen atoms in total. The molecular weight excluding hydrogens is 291 g/mol. The zero-order valence-corrected chi connectivity index (χ0v) is 10.8. The Morgan fingerprint density at radius 3 is 2.88 bits per heavy atom. The van der Waals surface area contributed by atoms with Crippen molar-refractivity contribution in [2.24, 2.45) is 0 Å². The van der Waals surface area contributed by atoms with Gasteiger partial charge in [-0.05, 0) is 34.5 Å². The number of hydrogen-bond donors (Lipinski definition) is 0. The average Bonchev–Trinajstić information content (AvgIpc) is 2.32. The molecule has 0 aliphatic carbocycles. The van der Waals surface area contributed by atoms with Gasteiger partial charge in [-0.15, -0.1) is 11.6 Å². The lowest BCUT2D eigenvalue weighted by atomic mass is 10.2. The molecular formula is C11H10BrClN2O. The molecule has 2 aromatic rings. The Morgan fingerprint density at radius 2 is 2.12 bits per heavy atom. The van der Waals surface area contributed by atoms with Gasteiger partial charge in [-0.25, -0.2) is 0 Å². The number of para-hydroxylation sites is 1. The van der Waals surface area contributed by atoms with E-state index in [-0.39, 0.29) is 5.43 Å². The lowest BCUT2D eigenvalue weighted by molar-refractivity contribution is 0.607. The zero-order chi connectivity index (χ0) is 11.5. The van der Waals surface area contributed by atoms with E-state index in [0.717, 1.165) is 11.9 Å². The number of fused-ring (bicyclic) bond motifs is 1. The highest BCUT2D eigenvalue weighted by molar-refractivity contribution is 9.10. The highest BCUT2D eigenvalue weighted by Gasteiger charge is 2.07. The summed E-state index contributed by atoms with van der Waals surface area (Å²) < 4.78 is 2.16. The van der Waals surface area contributed by atoms with Crippen molar-refractivity contribution in [3.05, 3.63) is 39.1 Å². The van der Waals surface area contributed by atoms with Crippen LogP contribution in [0.1, 0.15) is 6.42 Å². The summed E-state index contributed by atoms with van der Waals surface area (Å²) in [5, 5.41) is 4.88. The van der Waals surface area contributed by atoms with E-state index in [1.807, 2.05) is 22.9 Å². The second kappa shape index (κ2) is 4.97. The van der Waals surface area contributed by atoms with Gasteiger partial charge in [-0.2, -0.15) is 5.10 Å². The van der Waals surface area contributed by atoms with E-state index in [0.29, 0.717) is 22.4 Å². The van der Waals surface area contributed by atoms with E-state index in [4.69, 9.17) is 11.6 Å². The number of hydrogen-bond acceptors (Lipinski definition) is 2. The molecule has 84 valence electrons. The van der Waals surface area contributed by atoms with Gasteiger partial charge in [0.15, 0.2) is 4.60 Å².